The average Bonchev–Trinajstić information content (AvgIpc) is 2.34. The molecule has 1 heterocycles. The molecule has 3 heteroatoms. The number of primary amides is 1. The van der Waals surface area contributed by atoms with Crippen LogP contribution in [0.3, 0.4) is 0 Å². The second-order valence-corrected chi connectivity index (χ2v) is 2.73. The van der Waals surface area contributed by atoms with E-state index in [1.807, 2.05) is 17.5 Å². The molecule has 10 heavy (non-hydrogen) atoms. The van der Waals surface area contributed by atoms with Crippen molar-refractivity contribution in [3.63, 3.8) is 0 Å². The molecule has 52 valence electrons. The SMILES string of the molecule is NC(=O)C=Cc1cccs1. The van der Waals surface area contributed by atoms with E-state index < -0.39 is 5.91 Å². The predicted molar refractivity (Wildman–Crippen MR) is 42.5 cm³/mol. The van der Waals surface area contributed by atoms with Gasteiger partial charge in [-0.3, -0.25) is 4.79 Å². The van der Waals surface area contributed by atoms with Crippen molar-refractivity contribution in [1.82, 2.24) is 0 Å². The Morgan fingerprint density at radius 2 is 2.50 bits per heavy atom. The Balaban J connectivity index is 2.64. The molecule has 0 aliphatic heterocycles. The Morgan fingerprint density at radius 3 is 3.00 bits per heavy atom. The lowest BCUT2D eigenvalue weighted by Crippen LogP contribution is -2.04. The van der Waals surface area contributed by atoms with E-state index in [9.17, 15) is 4.79 Å². The van der Waals surface area contributed by atoms with Gasteiger partial charge in [-0.05, 0) is 17.5 Å². The second-order valence-electron chi connectivity index (χ2n) is 1.75. The molecule has 0 bridgehead atoms. The fourth-order valence-electron chi connectivity index (χ4n) is 0.550. The minimum atomic E-state index is -0.409. The highest BCUT2D eigenvalue weighted by molar-refractivity contribution is 7.10. The van der Waals surface area contributed by atoms with Crippen molar-refractivity contribution in [3.05, 3.63) is 28.5 Å². The number of carbonyl (C=O) groups is 1. The lowest BCUT2D eigenvalue weighted by atomic mass is 10.4. The molecule has 0 unspecified atom stereocenters. The van der Waals surface area contributed by atoms with Gasteiger partial charge in [-0.15, -0.1) is 11.3 Å². The van der Waals surface area contributed by atoms with Crippen LogP contribution in [-0.4, -0.2) is 5.91 Å². The molecule has 0 aromatic carbocycles. The number of rotatable bonds is 2. The normalized spacial score (nSPS) is 10.4. The van der Waals surface area contributed by atoms with Gasteiger partial charge >= 0.3 is 0 Å². The monoisotopic (exact) mass is 153 g/mol. The van der Waals surface area contributed by atoms with Gasteiger partial charge in [0.05, 0.1) is 0 Å². The number of nitrogens with two attached hydrogens (primary N) is 1. The highest BCUT2D eigenvalue weighted by Gasteiger charge is 1.86. The van der Waals surface area contributed by atoms with E-state index in [4.69, 9.17) is 5.73 Å². The summed E-state index contributed by atoms with van der Waals surface area (Å²) in [4.78, 5) is 11.3. The maximum atomic E-state index is 10.2. The molecule has 0 radical (unpaired) electrons. The molecule has 0 atom stereocenters. The second kappa shape index (κ2) is 3.17. The number of hydrogen-bond donors (Lipinski definition) is 1. The highest BCUT2D eigenvalue weighted by atomic mass is 32.1. The fourth-order valence-corrected chi connectivity index (χ4v) is 1.17. The Labute approximate surface area is 63.0 Å². The van der Waals surface area contributed by atoms with Gasteiger partial charge < -0.3 is 5.73 Å². The largest absolute Gasteiger partial charge is 0.366 e. The summed E-state index contributed by atoms with van der Waals surface area (Å²) in [6.07, 6.45) is 3.05. The van der Waals surface area contributed by atoms with E-state index in [0.717, 1.165) is 4.88 Å². The zero-order valence-corrected chi connectivity index (χ0v) is 6.10. The third-order valence-electron chi connectivity index (χ3n) is 0.955. The molecule has 0 aliphatic rings. The van der Waals surface area contributed by atoms with E-state index >= 15 is 0 Å². The number of carbonyl (C=O) groups excluding carboxylic acids is 1. The predicted octanol–water partition coefficient (Wildman–Crippen LogP) is 1.25. The van der Waals surface area contributed by atoms with Crippen LogP contribution in [0, 0.1) is 0 Å². The molecule has 1 aromatic rings. The maximum absolute atomic E-state index is 10.2. The van der Waals surface area contributed by atoms with Crippen LogP contribution in [-0.2, 0) is 4.79 Å². The molecule has 1 amide bonds. The lowest BCUT2D eigenvalue weighted by Gasteiger charge is -1.79. The summed E-state index contributed by atoms with van der Waals surface area (Å²) < 4.78 is 0. The maximum Gasteiger partial charge on any atom is 0.241 e. The first-order valence-corrected chi connectivity index (χ1v) is 3.68. The quantitative estimate of drug-likeness (QED) is 0.638. The van der Waals surface area contributed by atoms with Crippen LogP contribution in [0.2, 0.25) is 0 Å². The van der Waals surface area contributed by atoms with Crippen molar-refractivity contribution in [1.29, 1.82) is 0 Å². The highest BCUT2D eigenvalue weighted by Crippen LogP contribution is 2.09. The molecule has 1 aromatic heterocycles. The molecule has 0 spiro atoms. The van der Waals surface area contributed by atoms with Crippen LogP contribution in [0.4, 0.5) is 0 Å². The van der Waals surface area contributed by atoms with E-state index in [1.165, 1.54) is 6.08 Å². The molecular formula is C7H7NOS. The fraction of sp³-hybridized carbons (Fsp3) is 0. The van der Waals surface area contributed by atoms with Crippen LogP contribution in [0.5, 0.6) is 0 Å². The third-order valence-corrected chi connectivity index (χ3v) is 1.79. The average molecular weight is 153 g/mol. The van der Waals surface area contributed by atoms with Crippen LogP contribution in [0.1, 0.15) is 4.88 Å². The third kappa shape index (κ3) is 2.03. The van der Waals surface area contributed by atoms with E-state index in [-0.39, 0.29) is 0 Å². The van der Waals surface area contributed by atoms with E-state index in [1.54, 1.807) is 17.4 Å². The van der Waals surface area contributed by atoms with Gasteiger partial charge in [0.25, 0.3) is 0 Å². The molecule has 2 nitrogen and oxygen atoms in total. The van der Waals surface area contributed by atoms with Crippen LogP contribution in [0.25, 0.3) is 6.08 Å². The van der Waals surface area contributed by atoms with Crippen molar-refractivity contribution >= 4 is 23.3 Å². The summed E-state index contributed by atoms with van der Waals surface area (Å²) in [6.45, 7) is 0. The van der Waals surface area contributed by atoms with Gasteiger partial charge in [0.2, 0.25) is 5.91 Å². The summed E-state index contributed by atoms with van der Waals surface area (Å²) in [5.74, 6) is -0.409. The van der Waals surface area contributed by atoms with Gasteiger partial charge in [0.1, 0.15) is 0 Å². The van der Waals surface area contributed by atoms with Crippen molar-refractivity contribution in [2.24, 2.45) is 5.73 Å². The summed E-state index contributed by atoms with van der Waals surface area (Å²) in [5.41, 5.74) is 4.89. The molecule has 0 fully saturated rings. The molecule has 1 rings (SSSR count). The molecule has 0 saturated heterocycles. The summed E-state index contributed by atoms with van der Waals surface area (Å²) in [6, 6.07) is 3.84. The minimum absolute atomic E-state index is 0.409. The lowest BCUT2D eigenvalue weighted by molar-refractivity contribution is -0.113. The molecular weight excluding hydrogens is 146 g/mol. The standard InChI is InChI=1S/C7H7NOS/c8-7(9)4-3-6-2-1-5-10-6/h1-5H,(H2,8,9). The first kappa shape index (κ1) is 7.02. The molecule has 0 saturated carbocycles. The van der Waals surface area contributed by atoms with Crippen molar-refractivity contribution in [2.75, 3.05) is 0 Å². The van der Waals surface area contributed by atoms with Gasteiger partial charge in [-0.2, -0.15) is 0 Å². The molecule has 0 aliphatic carbocycles. The summed E-state index contributed by atoms with van der Waals surface area (Å²) in [7, 11) is 0. The van der Waals surface area contributed by atoms with E-state index in [2.05, 4.69) is 0 Å². The van der Waals surface area contributed by atoms with E-state index in [0.29, 0.717) is 0 Å². The Hall–Kier alpha value is -1.09. The van der Waals surface area contributed by atoms with Crippen molar-refractivity contribution in [3.8, 4) is 0 Å². The summed E-state index contributed by atoms with van der Waals surface area (Å²) in [5, 5.41) is 1.95. The minimum Gasteiger partial charge on any atom is -0.366 e. The zero-order valence-electron chi connectivity index (χ0n) is 5.28. The summed E-state index contributed by atoms with van der Waals surface area (Å²) >= 11 is 1.57. The Kier molecular flexibility index (Phi) is 2.23. The van der Waals surface area contributed by atoms with Gasteiger partial charge in [-0.1, -0.05) is 6.07 Å². The van der Waals surface area contributed by atoms with Gasteiger partial charge in [0, 0.05) is 11.0 Å². The molecule has 2 N–H and O–H groups in total. The smallest absolute Gasteiger partial charge is 0.241 e. The Morgan fingerprint density at radius 1 is 1.70 bits per heavy atom. The zero-order chi connectivity index (χ0) is 7.40. The van der Waals surface area contributed by atoms with Crippen LogP contribution < -0.4 is 5.73 Å². The van der Waals surface area contributed by atoms with Gasteiger partial charge in [-0.25, -0.2) is 0 Å². The first-order valence-electron chi connectivity index (χ1n) is 2.80. The van der Waals surface area contributed by atoms with Crippen LogP contribution in [0.15, 0.2) is 23.6 Å². The van der Waals surface area contributed by atoms with Crippen molar-refractivity contribution in [2.45, 2.75) is 0 Å². The van der Waals surface area contributed by atoms with Crippen molar-refractivity contribution < 1.29 is 4.79 Å². The Bertz CT molecular complexity index is 238. The van der Waals surface area contributed by atoms with Gasteiger partial charge in [0.15, 0.2) is 0 Å². The number of amides is 1. The first-order chi connectivity index (χ1) is 4.79. The van der Waals surface area contributed by atoms with Crippen LogP contribution >= 0.6 is 11.3 Å². The number of thiophene rings is 1. The topological polar surface area (TPSA) is 43.1 Å². The number of hydrogen-bond acceptors (Lipinski definition) is 2.